The van der Waals surface area contributed by atoms with Crippen LogP contribution >= 0.6 is 0 Å². The number of carboxylic acid groups (broad SMARTS) is 1. The van der Waals surface area contributed by atoms with Gasteiger partial charge in [0.25, 0.3) is 0 Å². The fourth-order valence-electron chi connectivity index (χ4n) is 1.56. The molecule has 2 amide bonds. The number of carboxylic acids is 1. The molecule has 110 valence electrons. The molecule has 1 rings (SSSR count). The molecule has 0 spiro atoms. The van der Waals surface area contributed by atoms with E-state index in [1.165, 1.54) is 14.2 Å². The van der Waals surface area contributed by atoms with Crippen LogP contribution in [0, 0.1) is 0 Å². The highest BCUT2D eigenvalue weighted by atomic mass is 16.5. The van der Waals surface area contributed by atoms with E-state index in [1.54, 1.807) is 25.1 Å². The number of methoxy groups -OCH3 is 2. The Hall–Kier alpha value is -2.44. The van der Waals surface area contributed by atoms with Crippen LogP contribution in [0.1, 0.15) is 13.3 Å². The molecule has 0 radical (unpaired) electrons. The summed E-state index contributed by atoms with van der Waals surface area (Å²) in [4.78, 5) is 22.6. The zero-order valence-corrected chi connectivity index (χ0v) is 11.6. The Morgan fingerprint density at radius 1 is 1.30 bits per heavy atom. The van der Waals surface area contributed by atoms with Crippen molar-refractivity contribution in [3.8, 4) is 11.5 Å². The van der Waals surface area contributed by atoms with E-state index < -0.39 is 18.0 Å². The summed E-state index contributed by atoms with van der Waals surface area (Å²) in [5.41, 5.74) is 0.422. The monoisotopic (exact) mass is 282 g/mol. The van der Waals surface area contributed by atoms with Crippen LogP contribution in [0.3, 0.4) is 0 Å². The number of hydrogen-bond acceptors (Lipinski definition) is 4. The van der Waals surface area contributed by atoms with Crippen LogP contribution in [-0.4, -0.2) is 37.4 Å². The van der Waals surface area contributed by atoms with E-state index in [4.69, 9.17) is 14.6 Å². The van der Waals surface area contributed by atoms with Gasteiger partial charge in [-0.1, -0.05) is 6.92 Å². The normalized spacial score (nSPS) is 11.3. The summed E-state index contributed by atoms with van der Waals surface area (Å²) < 4.78 is 10.2. The molecule has 3 N–H and O–H groups in total. The Morgan fingerprint density at radius 2 is 2.00 bits per heavy atom. The zero-order valence-electron chi connectivity index (χ0n) is 11.6. The average Bonchev–Trinajstić information content (AvgIpc) is 2.44. The van der Waals surface area contributed by atoms with E-state index in [1.807, 2.05) is 0 Å². The maximum absolute atomic E-state index is 11.7. The number of hydrogen-bond donors (Lipinski definition) is 3. The Kier molecular flexibility index (Phi) is 5.64. The molecule has 0 heterocycles. The highest BCUT2D eigenvalue weighted by Gasteiger charge is 2.18. The van der Waals surface area contributed by atoms with E-state index in [-0.39, 0.29) is 0 Å². The molecule has 1 aromatic rings. The summed E-state index contributed by atoms with van der Waals surface area (Å²) in [6, 6.07) is 3.34. The smallest absolute Gasteiger partial charge is 0.326 e. The van der Waals surface area contributed by atoms with Crippen molar-refractivity contribution in [3.05, 3.63) is 18.2 Å². The van der Waals surface area contributed by atoms with Gasteiger partial charge < -0.3 is 25.2 Å². The Balaban J connectivity index is 2.77. The Bertz CT molecular complexity index is 490. The van der Waals surface area contributed by atoms with Gasteiger partial charge in [-0.25, -0.2) is 9.59 Å². The number of carbonyl (C=O) groups excluding carboxylic acids is 1. The standard InChI is InChI=1S/C13H18N2O5/c1-4-9(12(16)17)14-13(18)15-10-6-5-8(19-2)7-11(10)20-3/h5-7,9H,4H2,1-3H3,(H,16,17)(H2,14,15,18)/t9-/m0/s1. The maximum Gasteiger partial charge on any atom is 0.326 e. The lowest BCUT2D eigenvalue weighted by molar-refractivity contribution is -0.139. The fourth-order valence-corrected chi connectivity index (χ4v) is 1.56. The number of carbonyl (C=O) groups is 2. The lowest BCUT2D eigenvalue weighted by Crippen LogP contribution is -2.42. The van der Waals surface area contributed by atoms with Crippen molar-refractivity contribution < 1.29 is 24.2 Å². The number of amides is 2. The number of ether oxygens (including phenoxy) is 2. The molecule has 0 fully saturated rings. The quantitative estimate of drug-likeness (QED) is 0.737. The predicted octanol–water partition coefficient (Wildman–Crippen LogP) is 1.69. The fraction of sp³-hybridized carbons (Fsp3) is 0.385. The van der Waals surface area contributed by atoms with Gasteiger partial charge in [0.05, 0.1) is 19.9 Å². The van der Waals surface area contributed by atoms with Crippen LogP contribution < -0.4 is 20.1 Å². The minimum Gasteiger partial charge on any atom is -0.497 e. The zero-order chi connectivity index (χ0) is 15.1. The van der Waals surface area contributed by atoms with Crippen molar-refractivity contribution in [2.75, 3.05) is 19.5 Å². The van der Waals surface area contributed by atoms with Gasteiger partial charge in [-0.05, 0) is 18.6 Å². The third-order valence-corrected chi connectivity index (χ3v) is 2.67. The molecule has 7 heteroatoms. The molecule has 0 unspecified atom stereocenters. The van der Waals surface area contributed by atoms with Crippen molar-refractivity contribution in [2.45, 2.75) is 19.4 Å². The summed E-state index contributed by atoms with van der Waals surface area (Å²) in [6.07, 6.45) is 0.294. The highest BCUT2D eigenvalue weighted by molar-refractivity contribution is 5.93. The lowest BCUT2D eigenvalue weighted by atomic mass is 10.2. The van der Waals surface area contributed by atoms with Gasteiger partial charge in [-0.2, -0.15) is 0 Å². The van der Waals surface area contributed by atoms with Crippen LogP contribution in [-0.2, 0) is 4.79 Å². The first kappa shape index (κ1) is 15.6. The predicted molar refractivity (Wildman–Crippen MR) is 73.4 cm³/mol. The molecule has 7 nitrogen and oxygen atoms in total. The Labute approximate surface area is 116 Å². The summed E-state index contributed by atoms with van der Waals surface area (Å²) in [5, 5.41) is 13.8. The van der Waals surface area contributed by atoms with Crippen LogP contribution in [0.15, 0.2) is 18.2 Å². The largest absolute Gasteiger partial charge is 0.497 e. The summed E-state index contributed by atoms with van der Waals surface area (Å²) in [6.45, 7) is 1.67. The number of rotatable bonds is 6. The SMILES string of the molecule is CC[C@H](NC(=O)Nc1ccc(OC)cc1OC)C(=O)O. The molecule has 0 aliphatic rings. The molecular formula is C13H18N2O5. The van der Waals surface area contributed by atoms with Gasteiger partial charge in [0.1, 0.15) is 17.5 Å². The number of aliphatic carboxylic acids is 1. The second-order valence-electron chi connectivity index (χ2n) is 3.96. The van der Waals surface area contributed by atoms with Crippen molar-refractivity contribution in [2.24, 2.45) is 0 Å². The molecule has 0 saturated heterocycles. The first-order valence-electron chi connectivity index (χ1n) is 6.04. The van der Waals surface area contributed by atoms with E-state index in [9.17, 15) is 9.59 Å². The summed E-state index contributed by atoms with van der Waals surface area (Å²) >= 11 is 0. The van der Waals surface area contributed by atoms with Gasteiger partial charge in [-0.15, -0.1) is 0 Å². The van der Waals surface area contributed by atoms with Crippen molar-refractivity contribution in [3.63, 3.8) is 0 Å². The molecule has 0 aliphatic carbocycles. The van der Waals surface area contributed by atoms with Crippen LogP contribution in [0.4, 0.5) is 10.5 Å². The third-order valence-electron chi connectivity index (χ3n) is 2.67. The first-order valence-corrected chi connectivity index (χ1v) is 6.04. The summed E-state index contributed by atoms with van der Waals surface area (Å²) in [5.74, 6) is -0.0722. The van der Waals surface area contributed by atoms with E-state index >= 15 is 0 Å². The van der Waals surface area contributed by atoms with Crippen molar-refractivity contribution in [1.29, 1.82) is 0 Å². The van der Waals surface area contributed by atoms with Crippen molar-refractivity contribution >= 4 is 17.7 Å². The minimum absolute atomic E-state index is 0.294. The molecule has 20 heavy (non-hydrogen) atoms. The molecule has 0 saturated carbocycles. The first-order chi connectivity index (χ1) is 9.51. The van der Waals surface area contributed by atoms with Crippen LogP contribution in [0.5, 0.6) is 11.5 Å². The van der Waals surface area contributed by atoms with Crippen molar-refractivity contribution in [1.82, 2.24) is 5.32 Å². The molecule has 1 atom stereocenters. The van der Waals surface area contributed by atoms with Gasteiger partial charge in [-0.3, -0.25) is 0 Å². The second kappa shape index (κ2) is 7.22. The molecule has 1 aromatic carbocycles. The molecular weight excluding hydrogens is 264 g/mol. The number of benzene rings is 1. The second-order valence-corrected chi connectivity index (χ2v) is 3.96. The average molecular weight is 282 g/mol. The third kappa shape index (κ3) is 4.04. The lowest BCUT2D eigenvalue weighted by Gasteiger charge is -2.15. The van der Waals surface area contributed by atoms with E-state index in [2.05, 4.69) is 10.6 Å². The van der Waals surface area contributed by atoms with Gasteiger partial charge in [0.2, 0.25) is 0 Å². The maximum atomic E-state index is 11.7. The minimum atomic E-state index is -1.08. The van der Waals surface area contributed by atoms with Gasteiger partial charge in [0, 0.05) is 6.07 Å². The molecule has 0 bridgehead atoms. The van der Waals surface area contributed by atoms with E-state index in [0.717, 1.165) is 0 Å². The van der Waals surface area contributed by atoms with Crippen LogP contribution in [0.2, 0.25) is 0 Å². The van der Waals surface area contributed by atoms with Gasteiger partial charge in [0.15, 0.2) is 0 Å². The number of anilines is 1. The van der Waals surface area contributed by atoms with E-state index in [0.29, 0.717) is 23.6 Å². The highest BCUT2D eigenvalue weighted by Crippen LogP contribution is 2.28. The summed E-state index contributed by atoms with van der Waals surface area (Å²) in [7, 11) is 2.98. The molecule has 0 aromatic heterocycles. The number of urea groups is 1. The van der Waals surface area contributed by atoms with Crippen LogP contribution in [0.25, 0.3) is 0 Å². The topological polar surface area (TPSA) is 96.9 Å². The van der Waals surface area contributed by atoms with Gasteiger partial charge >= 0.3 is 12.0 Å². The molecule has 0 aliphatic heterocycles. The number of nitrogens with one attached hydrogen (secondary N) is 2. The Morgan fingerprint density at radius 3 is 2.50 bits per heavy atom.